The molecule has 0 spiro atoms. The van der Waals surface area contributed by atoms with Crippen LogP contribution < -0.4 is 15.8 Å². The van der Waals surface area contributed by atoms with Gasteiger partial charge >= 0.3 is 0 Å². The Balaban J connectivity index is 1.61. The highest BCUT2D eigenvalue weighted by atomic mass is 19.1. The maximum Gasteiger partial charge on any atom is 0.225 e. The van der Waals surface area contributed by atoms with Crippen LogP contribution in [0.2, 0.25) is 0 Å². The maximum atomic E-state index is 13.9. The van der Waals surface area contributed by atoms with E-state index in [0.717, 1.165) is 11.3 Å². The molecule has 0 bridgehead atoms. The van der Waals surface area contributed by atoms with E-state index >= 15 is 0 Å². The van der Waals surface area contributed by atoms with Crippen molar-refractivity contribution < 1.29 is 9.13 Å². The minimum absolute atomic E-state index is 0.307. The monoisotopic (exact) mass is 455 g/mol. The molecule has 0 saturated carbocycles. The molecule has 170 valence electrons. The minimum Gasteiger partial charge on any atom is -0.496 e. The minimum atomic E-state index is -0.385. The predicted molar refractivity (Wildman–Crippen MR) is 129 cm³/mol. The number of fused-ring (bicyclic) bond motifs is 1. The summed E-state index contributed by atoms with van der Waals surface area (Å²) in [6.45, 7) is 0.577. The van der Waals surface area contributed by atoms with Crippen LogP contribution in [-0.2, 0) is 6.42 Å². The molecule has 3 aromatic heterocycles. The number of pyridine rings is 1. The number of halogens is 1. The summed E-state index contributed by atoms with van der Waals surface area (Å²) >= 11 is 0. The molecule has 9 heteroatoms. The number of hydrogen-bond acceptors (Lipinski definition) is 7. The molecular weight excluding hydrogens is 433 g/mol. The lowest BCUT2D eigenvalue weighted by molar-refractivity contribution is 0.416. The van der Waals surface area contributed by atoms with Gasteiger partial charge in [-0.15, -0.1) is 5.10 Å². The molecule has 0 fully saturated rings. The fourth-order valence-electron chi connectivity index (χ4n) is 3.78. The maximum absolute atomic E-state index is 13.9. The number of nitrogens with two attached hydrogens (primary N) is 1. The average molecular weight is 455 g/mol. The van der Waals surface area contributed by atoms with Gasteiger partial charge in [0, 0.05) is 30.4 Å². The molecule has 0 saturated heterocycles. The zero-order valence-electron chi connectivity index (χ0n) is 18.4. The fourth-order valence-corrected chi connectivity index (χ4v) is 3.78. The Kier molecular flexibility index (Phi) is 5.73. The summed E-state index contributed by atoms with van der Waals surface area (Å²) in [5.41, 5.74) is 9.66. The van der Waals surface area contributed by atoms with E-state index in [0.29, 0.717) is 52.9 Å². The molecule has 0 atom stereocenters. The van der Waals surface area contributed by atoms with Crippen molar-refractivity contribution in [3.8, 4) is 22.7 Å². The zero-order valence-corrected chi connectivity index (χ0v) is 18.4. The second kappa shape index (κ2) is 9.14. The van der Waals surface area contributed by atoms with Gasteiger partial charge in [-0.05, 0) is 42.5 Å². The summed E-state index contributed by atoms with van der Waals surface area (Å²) in [6.07, 6.45) is 2.46. The Bertz CT molecular complexity index is 1450. The van der Waals surface area contributed by atoms with Crippen LogP contribution in [0.1, 0.15) is 5.69 Å². The van der Waals surface area contributed by atoms with Gasteiger partial charge in [0.2, 0.25) is 5.95 Å². The van der Waals surface area contributed by atoms with Crippen LogP contribution in [0.4, 0.5) is 16.2 Å². The second-order valence-electron chi connectivity index (χ2n) is 7.57. The quantitative estimate of drug-likeness (QED) is 0.378. The lowest BCUT2D eigenvalue weighted by Crippen LogP contribution is -2.09. The molecule has 2 aromatic carbocycles. The summed E-state index contributed by atoms with van der Waals surface area (Å²) in [6, 6.07) is 19.4. The van der Waals surface area contributed by atoms with Gasteiger partial charge in [-0.1, -0.05) is 24.3 Å². The van der Waals surface area contributed by atoms with Crippen LogP contribution in [0.15, 0.2) is 72.9 Å². The summed E-state index contributed by atoms with van der Waals surface area (Å²) in [4.78, 5) is 13.7. The van der Waals surface area contributed by atoms with E-state index in [4.69, 9.17) is 15.5 Å². The van der Waals surface area contributed by atoms with Gasteiger partial charge in [0.1, 0.15) is 17.4 Å². The molecule has 5 rings (SSSR count). The van der Waals surface area contributed by atoms with Crippen molar-refractivity contribution in [2.75, 3.05) is 24.7 Å². The van der Waals surface area contributed by atoms with Crippen molar-refractivity contribution in [1.29, 1.82) is 0 Å². The summed E-state index contributed by atoms with van der Waals surface area (Å²) in [5, 5.41) is 8.39. The van der Waals surface area contributed by atoms with E-state index in [1.54, 1.807) is 25.4 Å². The molecule has 0 amide bonds. The fraction of sp³-hybridized carbons (Fsp3) is 0.120. The largest absolute Gasteiger partial charge is 0.496 e. The number of ether oxygens (including phenoxy) is 1. The van der Waals surface area contributed by atoms with E-state index in [1.807, 2.05) is 42.5 Å². The molecule has 0 radical (unpaired) electrons. The van der Waals surface area contributed by atoms with Gasteiger partial charge < -0.3 is 15.8 Å². The molecule has 0 aliphatic heterocycles. The Morgan fingerprint density at radius 2 is 1.88 bits per heavy atom. The molecule has 0 aliphatic rings. The molecular formula is C25H22FN7O. The highest BCUT2D eigenvalue weighted by Gasteiger charge is 2.21. The van der Waals surface area contributed by atoms with Gasteiger partial charge in [0.25, 0.3) is 0 Å². The van der Waals surface area contributed by atoms with E-state index < -0.39 is 0 Å². The van der Waals surface area contributed by atoms with Crippen molar-refractivity contribution in [2.24, 2.45) is 0 Å². The lowest BCUT2D eigenvalue weighted by atomic mass is 10.1. The Morgan fingerprint density at radius 1 is 1.03 bits per heavy atom. The Hall–Kier alpha value is -4.53. The zero-order chi connectivity index (χ0) is 23.5. The highest BCUT2D eigenvalue weighted by Crippen LogP contribution is 2.37. The predicted octanol–water partition coefficient (Wildman–Crippen LogP) is 4.26. The third-order valence-electron chi connectivity index (χ3n) is 5.37. The van der Waals surface area contributed by atoms with Gasteiger partial charge in [-0.3, -0.25) is 4.98 Å². The first-order valence-electron chi connectivity index (χ1n) is 10.7. The molecule has 3 N–H and O–H groups in total. The average Bonchev–Trinajstić information content (AvgIpc) is 3.20. The van der Waals surface area contributed by atoms with Crippen LogP contribution >= 0.6 is 0 Å². The van der Waals surface area contributed by atoms with E-state index in [9.17, 15) is 4.39 Å². The first-order valence-corrected chi connectivity index (χ1v) is 10.7. The number of methoxy groups -OCH3 is 1. The Morgan fingerprint density at radius 3 is 2.68 bits per heavy atom. The summed E-state index contributed by atoms with van der Waals surface area (Å²) in [7, 11) is 1.60. The number of hydrogen-bond donors (Lipinski definition) is 2. The normalized spacial score (nSPS) is 11.0. The third kappa shape index (κ3) is 4.11. The number of para-hydroxylation sites is 1. The standard InChI is InChI=1S/C25H22FN7O/c1-34-20-11-3-2-10-19(20)22-21-23(27)33(18-9-6-7-16(26)15-18)32-24(21)31-25(30-22)29-14-12-17-8-4-5-13-28-17/h2-11,13,15H,12,14,27H2,1H3,(H,29,31,32). The number of nitrogens with one attached hydrogen (secondary N) is 1. The van der Waals surface area contributed by atoms with Crippen molar-refractivity contribution >= 4 is 22.8 Å². The van der Waals surface area contributed by atoms with E-state index in [2.05, 4.69) is 20.4 Å². The summed E-state index contributed by atoms with van der Waals surface area (Å²) in [5.74, 6) is 0.957. The second-order valence-corrected chi connectivity index (χ2v) is 7.57. The Labute approximate surface area is 195 Å². The molecule has 5 aromatic rings. The molecule has 0 unspecified atom stereocenters. The van der Waals surface area contributed by atoms with Gasteiger partial charge in [-0.25, -0.2) is 14.1 Å². The smallest absolute Gasteiger partial charge is 0.225 e. The lowest BCUT2D eigenvalue weighted by Gasteiger charge is -2.11. The first kappa shape index (κ1) is 21.3. The van der Waals surface area contributed by atoms with E-state index in [1.165, 1.54) is 16.8 Å². The number of anilines is 2. The molecule has 34 heavy (non-hydrogen) atoms. The first-order chi connectivity index (χ1) is 16.6. The SMILES string of the molecule is COc1ccccc1-c1nc(NCCc2ccccn2)nc2nn(-c3cccc(F)c3)c(N)c12. The van der Waals surface area contributed by atoms with Crippen molar-refractivity contribution in [1.82, 2.24) is 24.7 Å². The third-order valence-corrected chi connectivity index (χ3v) is 5.37. The molecule has 8 nitrogen and oxygen atoms in total. The summed E-state index contributed by atoms with van der Waals surface area (Å²) < 4.78 is 20.9. The number of nitrogens with zero attached hydrogens (tertiary/aromatic N) is 5. The number of benzene rings is 2. The van der Waals surface area contributed by atoms with Gasteiger partial charge in [-0.2, -0.15) is 4.98 Å². The van der Waals surface area contributed by atoms with Crippen molar-refractivity contribution in [2.45, 2.75) is 6.42 Å². The van der Waals surface area contributed by atoms with Crippen LogP contribution in [0.5, 0.6) is 5.75 Å². The molecule has 0 aliphatic carbocycles. The number of nitrogen functional groups attached to an aromatic ring is 1. The molecule has 3 heterocycles. The van der Waals surface area contributed by atoms with Crippen LogP contribution in [-0.4, -0.2) is 38.4 Å². The number of aromatic nitrogens is 5. The van der Waals surface area contributed by atoms with Crippen LogP contribution in [0, 0.1) is 5.82 Å². The van der Waals surface area contributed by atoms with Crippen LogP contribution in [0.25, 0.3) is 28.0 Å². The van der Waals surface area contributed by atoms with Crippen LogP contribution in [0.3, 0.4) is 0 Å². The van der Waals surface area contributed by atoms with E-state index in [-0.39, 0.29) is 5.82 Å². The number of rotatable bonds is 7. The van der Waals surface area contributed by atoms with Crippen molar-refractivity contribution in [3.63, 3.8) is 0 Å². The van der Waals surface area contributed by atoms with Gasteiger partial charge in [0.05, 0.1) is 23.9 Å². The van der Waals surface area contributed by atoms with Gasteiger partial charge in [0.15, 0.2) is 5.65 Å². The van der Waals surface area contributed by atoms with Crippen molar-refractivity contribution in [3.05, 3.63) is 84.4 Å². The highest BCUT2D eigenvalue weighted by molar-refractivity contribution is 6.00. The topological polar surface area (TPSA) is 104 Å².